The summed E-state index contributed by atoms with van der Waals surface area (Å²) in [6, 6.07) is 0. The summed E-state index contributed by atoms with van der Waals surface area (Å²) in [5, 5.41) is 0. The highest BCUT2D eigenvalue weighted by molar-refractivity contribution is 5.58. The van der Waals surface area contributed by atoms with Crippen LogP contribution in [-0.2, 0) is 0 Å². The van der Waals surface area contributed by atoms with Crippen LogP contribution in [0.2, 0.25) is 0 Å². The van der Waals surface area contributed by atoms with E-state index in [1.165, 1.54) is 44.9 Å². The molecule has 0 aromatic carbocycles. The van der Waals surface area contributed by atoms with E-state index in [0.717, 1.165) is 35.5 Å². The standard InChI is InChI=1S/C16H27N5/c1-11-14(20-17)18-15(13-8-9-13)19-16(11)21(2)10-12-6-4-3-5-7-12/h12-13H,3-10,17H2,1-2H3,(H,18,19,20). The third-order valence-electron chi connectivity index (χ3n) is 4.84. The molecule has 0 spiro atoms. The zero-order chi connectivity index (χ0) is 14.8. The van der Waals surface area contributed by atoms with Crippen molar-refractivity contribution < 1.29 is 0 Å². The summed E-state index contributed by atoms with van der Waals surface area (Å²) < 4.78 is 0. The number of hydrazine groups is 1. The maximum Gasteiger partial charge on any atom is 0.148 e. The molecule has 0 radical (unpaired) electrons. The van der Waals surface area contributed by atoms with E-state index in [4.69, 9.17) is 10.8 Å². The highest BCUT2D eigenvalue weighted by Crippen LogP contribution is 2.40. The van der Waals surface area contributed by atoms with Crippen molar-refractivity contribution in [1.82, 2.24) is 9.97 Å². The normalized spacial score (nSPS) is 19.6. The molecule has 3 N–H and O–H groups in total. The highest BCUT2D eigenvalue weighted by atomic mass is 15.3. The lowest BCUT2D eigenvalue weighted by molar-refractivity contribution is 0.361. The van der Waals surface area contributed by atoms with E-state index in [9.17, 15) is 0 Å². The molecular formula is C16H27N5. The van der Waals surface area contributed by atoms with Gasteiger partial charge in [0.1, 0.15) is 17.5 Å². The van der Waals surface area contributed by atoms with E-state index in [1.54, 1.807) is 0 Å². The lowest BCUT2D eigenvalue weighted by Crippen LogP contribution is -2.29. The fourth-order valence-electron chi connectivity index (χ4n) is 3.40. The summed E-state index contributed by atoms with van der Waals surface area (Å²) in [5.74, 6) is 9.76. The fourth-order valence-corrected chi connectivity index (χ4v) is 3.40. The Morgan fingerprint density at radius 3 is 2.48 bits per heavy atom. The molecule has 1 heterocycles. The van der Waals surface area contributed by atoms with Gasteiger partial charge in [-0.15, -0.1) is 0 Å². The van der Waals surface area contributed by atoms with E-state index >= 15 is 0 Å². The molecule has 0 atom stereocenters. The van der Waals surface area contributed by atoms with Crippen LogP contribution in [-0.4, -0.2) is 23.6 Å². The van der Waals surface area contributed by atoms with Crippen LogP contribution in [0.4, 0.5) is 11.6 Å². The van der Waals surface area contributed by atoms with Gasteiger partial charge >= 0.3 is 0 Å². The van der Waals surface area contributed by atoms with Gasteiger partial charge in [-0.05, 0) is 38.5 Å². The average Bonchev–Trinajstić information content (AvgIpc) is 3.33. The molecule has 0 aliphatic heterocycles. The van der Waals surface area contributed by atoms with Crippen molar-refractivity contribution in [2.24, 2.45) is 11.8 Å². The highest BCUT2D eigenvalue weighted by Gasteiger charge is 2.29. The minimum atomic E-state index is 0.541. The minimum Gasteiger partial charge on any atom is -0.359 e. The van der Waals surface area contributed by atoms with Gasteiger partial charge in [0, 0.05) is 25.1 Å². The van der Waals surface area contributed by atoms with Gasteiger partial charge in [0.2, 0.25) is 0 Å². The lowest BCUT2D eigenvalue weighted by atomic mass is 9.89. The van der Waals surface area contributed by atoms with Crippen LogP contribution in [0.3, 0.4) is 0 Å². The largest absolute Gasteiger partial charge is 0.359 e. The van der Waals surface area contributed by atoms with E-state index in [-0.39, 0.29) is 0 Å². The Kier molecular flexibility index (Phi) is 4.29. The van der Waals surface area contributed by atoms with Crippen molar-refractivity contribution >= 4 is 11.6 Å². The summed E-state index contributed by atoms with van der Waals surface area (Å²) in [6.07, 6.45) is 9.28. The molecule has 0 amide bonds. The minimum absolute atomic E-state index is 0.541. The third-order valence-corrected chi connectivity index (χ3v) is 4.84. The Balaban J connectivity index is 1.79. The van der Waals surface area contributed by atoms with Gasteiger partial charge in [-0.1, -0.05) is 19.3 Å². The zero-order valence-electron chi connectivity index (χ0n) is 13.2. The Morgan fingerprint density at radius 2 is 1.86 bits per heavy atom. The second kappa shape index (κ2) is 6.18. The number of nitrogens with two attached hydrogens (primary N) is 1. The smallest absolute Gasteiger partial charge is 0.148 e. The van der Waals surface area contributed by atoms with Crippen LogP contribution >= 0.6 is 0 Å². The number of nitrogens with zero attached hydrogens (tertiary/aromatic N) is 3. The summed E-state index contributed by atoms with van der Waals surface area (Å²) in [7, 11) is 2.15. The van der Waals surface area contributed by atoms with Gasteiger partial charge in [0.05, 0.1) is 0 Å². The van der Waals surface area contributed by atoms with E-state index < -0.39 is 0 Å². The number of hydrogen-bond acceptors (Lipinski definition) is 5. The SMILES string of the molecule is Cc1c(NN)nc(C2CC2)nc1N(C)CC1CCCCC1. The Morgan fingerprint density at radius 1 is 1.14 bits per heavy atom. The van der Waals surface area contributed by atoms with Gasteiger partial charge in [-0.3, -0.25) is 0 Å². The van der Waals surface area contributed by atoms with E-state index in [0.29, 0.717) is 5.92 Å². The molecule has 0 bridgehead atoms. The van der Waals surface area contributed by atoms with Crippen LogP contribution in [0.15, 0.2) is 0 Å². The summed E-state index contributed by atoms with van der Waals surface area (Å²) >= 11 is 0. The first-order valence-corrected chi connectivity index (χ1v) is 8.25. The number of hydrogen-bond donors (Lipinski definition) is 2. The van der Waals surface area contributed by atoms with Crippen molar-refractivity contribution in [3.8, 4) is 0 Å². The molecule has 1 aromatic rings. The lowest BCUT2D eigenvalue weighted by Gasteiger charge is -2.29. The molecule has 2 aliphatic rings. The molecule has 0 saturated heterocycles. The topological polar surface area (TPSA) is 67.1 Å². The first-order valence-electron chi connectivity index (χ1n) is 8.25. The monoisotopic (exact) mass is 289 g/mol. The molecule has 21 heavy (non-hydrogen) atoms. The molecule has 2 saturated carbocycles. The van der Waals surface area contributed by atoms with Gasteiger partial charge in [0.15, 0.2) is 0 Å². The summed E-state index contributed by atoms with van der Waals surface area (Å²) in [6.45, 7) is 3.14. The number of aromatic nitrogens is 2. The molecule has 2 aliphatic carbocycles. The Labute approximate surface area is 127 Å². The fraction of sp³-hybridized carbons (Fsp3) is 0.750. The van der Waals surface area contributed by atoms with Gasteiger partial charge in [0.25, 0.3) is 0 Å². The molecule has 1 aromatic heterocycles. The van der Waals surface area contributed by atoms with Crippen LogP contribution < -0.4 is 16.2 Å². The van der Waals surface area contributed by atoms with Crippen molar-refractivity contribution in [3.63, 3.8) is 0 Å². The molecule has 116 valence electrons. The first kappa shape index (κ1) is 14.6. The average molecular weight is 289 g/mol. The van der Waals surface area contributed by atoms with E-state index in [1.807, 2.05) is 0 Å². The van der Waals surface area contributed by atoms with Crippen molar-refractivity contribution in [2.75, 3.05) is 23.9 Å². The molecule has 2 fully saturated rings. The maximum atomic E-state index is 5.63. The predicted molar refractivity (Wildman–Crippen MR) is 86.4 cm³/mol. The van der Waals surface area contributed by atoms with Gasteiger partial charge in [-0.25, -0.2) is 15.8 Å². The predicted octanol–water partition coefficient (Wildman–Crippen LogP) is 2.96. The van der Waals surface area contributed by atoms with Crippen LogP contribution in [0, 0.1) is 12.8 Å². The Hall–Kier alpha value is -1.36. The number of nitrogens with one attached hydrogen (secondary N) is 1. The van der Waals surface area contributed by atoms with Crippen LogP contribution in [0.1, 0.15) is 62.3 Å². The van der Waals surface area contributed by atoms with Gasteiger partial charge in [-0.2, -0.15) is 0 Å². The third kappa shape index (κ3) is 3.28. The second-order valence-electron chi connectivity index (χ2n) is 6.68. The summed E-state index contributed by atoms with van der Waals surface area (Å²) in [5.41, 5.74) is 3.80. The molecule has 5 heteroatoms. The number of nitrogen functional groups attached to an aromatic ring is 1. The molecule has 0 unspecified atom stereocenters. The van der Waals surface area contributed by atoms with Crippen molar-refractivity contribution in [1.29, 1.82) is 0 Å². The zero-order valence-corrected chi connectivity index (χ0v) is 13.2. The molecular weight excluding hydrogens is 262 g/mol. The molecule has 5 nitrogen and oxygen atoms in total. The maximum absolute atomic E-state index is 5.63. The Bertz CT molecular complexity index is 492. The van der Waals surface area contributed by atoms with Crippen LogP contribution in [0.5, 0.6) is 0 Å². The first-order chi connectivity index (χ1) is 10.2. The number of anilines is 2. The van der Waals surface area contributed by atoms with Gasteiger partial charge < -0.3 is 10.3 Å². The second-order valence-corrected chi connectivity index (χ2v) is 6.68. The summed E-state index contributed by atoms with van der Waals surface area (Å²) in [4.78, 5) is 11.7. The van der Waals surface area contributed by atoms with Crippen molar-refractivity contribution in [2.45, 2.75) is 57.8 Å². The quantitative estimate of drug-likeness (QED) is 0.644. The number of rotatable bonds is 5. The van der Waals surface area contributed by atoms with Crippen molar-refractivity contribution in [3.05, 3.63) is 11.4 Å². The van der Waals surface area contributed by atoms with Crippen LogP contribution in [0.25, 0.3) is 0 Å². The van der Waals surface area contributed by atoms with E-state index in [2.05, 4.69) is 29.3 Å². The molecule has 3 rings (SSSR count).